The molecule has 0 saturated carbocycles. The minimum Gasteiger partial charge on any atom is -0.478 e. The van der Waals surface area contributed by atoms with Crippen molar-refractivity contribution in [3.8, 4) is 0 Å². The third-order valence-corrected chi connectivity index (χ3v) is 4.00. The van der Waals surface area contributed by atoms with E-state index in [1.165, 1.54) is 24.3 Å². The van der Waals surface area contributed by atoms with Crippen molar-refractivity contribution in [1.82, 2.24) is 0 Å². The van der Waals surface area contributed by atoms with Crippen LogP contribution < -0.4 is 10.6 Å². The number of amides is 2. The van der Waals surface area contributed by atoms with Crippen LogP contribution in [0.3, 0.4) is 0 Å². The molecular formula is C20H14ClF3N2O6. The fourth-order valence-electron chi connectivity index (χ4n) is 2.22. The number of hydrogen-bond donors (Lipinski definition) is 3. The maximum atomic E-state index is 12.8. The molecule has 0 unspecified atom stereocenters. The zero-order valence-corrected chi connectivity index (χ0v) is 16.7. The number of carbonyl (C=O) groups is 4. The highest BCUT2D eigenvalue weighted by atomic mass is 35.5. The highest BCUT2D eigenvalue weighted by Crippen LogP contribution is 2.33. The number of aliphatic carboxylic acids is 1. The fourth-order valence-corrected chi connectivity index (χ4v) is 2.38. The first-order valence-corrected chi connectivity index (χ1v) is 8.99. The van der Waals surface area contributed by atoms with E-state index < -0.39 is 42.1 Å². The Morgan fingerprint density at radius 3 is 2.25 bits per heavy atom. The van der Waals surface area contributed by atoms with Crippen molar-refractivity contribution in [2.45, 2.75) is 6.18 Å². The van der Waals surface area contributed by atoms with Gasteiger partial charge in [0.15, 0.2) is 6.61 Å². The van der Waals surface area contributed by atoms with Gasteiger partial charge in [-0.25, -0.2) is 9.59 Å². The molecule has 0 aliphatic rings. The molecule has 2 amide bonds. The lowest BCUT2D eigenvalue weighted by molar-refractivity contribution is -0.137. The molecule has 0 fully saturated rings. The van der Waals surface area contributed by atoms with Crippen LogP contribution in [0.5, 0.6) is 0 Å². The van der Waals surface area contributed by atoms with Crippen molar-refractivity contribution in [3.05, 3.63) is 70.8 Å². The first-order valence-electron chi connectivity index (χ1n) is 8.61. The lowest BCUT2D eigenvalue weighted by Gasteiger charge is -2.12. The molecule has 0 aliphatic carbocycles. The smallest absolute Gasteiger partial charge is 0.416 e. The van der Waals surface area contributed by atoms with Gasteiger partial charge in [0.05, 0.1) is 21.8 Å². The van der Waals surface area contributed by atoms with Gasteiger partial charge in [0, 0.05) is 17.8 Å². The predicted molar refractivity (Wildman–Crippen MR) is 107 cm³/mol. The van der Waals surface area contributed by atoms with Crippen molar-refractivity contribution >= 4 is 46.7 Å². The molecule has 32 heavy (non-hydrogen) atoms. The zero-order chi connectivity index (χ0) is 23.9. The Bertz CT molecular complexity index is 1070. The minimum absolute atomic E-state index is 0.0222. The number of alkyl halides is 3. The van der Waals surface area contributed by atoms with Crippen LogP contribution in [0, 0.1) is 0 Å². The van der Waals surface area contributed by atoms with Gasteiger partial charge in [-0.2, -0.15) is 13.2 Å². The molecule has 0 atom stereocenters. The molecule has 0 aromatic heterocycles. The summed E-state index contributed by atoms with van der Waals surface area (Å²) in [5, 5.41) is 12.8. The second kappa shape index (κ2) is 10.4. The first kappa shape index (κ1) is 24.4. The van der Waals surface area contributed by atoms with E-state index in [1.54, 1.807) is 0 Å². The standard InChI is InChI=1S/C20H14ClF3N2O6/c21-14-6-3-12(20(22,23)24)9-15(14)26-17(28)10-32-19(31)11-1-4-13(5-2-11)25-16(27)7-8-18(29)30/h1-9H,10H2,(H,25,27)(H,26,28)(H,29,30)/b8-7+. The van der Waals surface area contributed by atoms with E-state index in [4.69, 9.17) is 21.4 Å². The van der Waals surface area contributed by atoms with Gasteiger partial charge in [-0.3, -0.25) is 9.59 Å². The number of nitrogens with one attached hydrogen (secondary N) is 2. The minimum atomic E-state index is -4.63. The van der Waals surface area contributed by atoms with Crippen LogP contribution in [-0.2, 0) is 25.3 Å². The highest BCUT2D eigenvalue weighted by molar-refractivity contribution is 6.33. The maximum absolute atomic E-state index is 12.8. The quantitative estimate of drug-likeness (QED) is 0.418. The monoisotopic (exact) mass is 470 g/mol. The van der Waals surface area contributed by atoms with Gasteiger partial charge in [-0.15, -0.1) is 0 Å². The summed E-state index contributed by atoms with van der Waals surface area (Å²) >= 11 is 5.78. The molecule has 3 N–H and O–H groups in total. The maximum Gasteiger partial charge on any atom is 0.416 e. The molecule has 2 rings (SSSR count). The zero-order valence-electron chi connectivity index (χ0n) is 15.9. The van der Waals surface area contributed by atoms with Crippen LogP contribution in [0.15, 0.2) is 54.6 Å². The molecule has 2 aromatic carbocycles. The number of ether oxygens (including phenoxy) is 1. The summed E-state index contributed by atoms with van der Waals surface area (Å²) in [7, 11) is 0. The molecule has 8 nitrogen and oxygen atoms in total. The molecule has 168 valence electrons. The Morgan fingerprint density at radius 2 is 1.66 bits per heavy atom. The van der Waals surface area contributed by atoms with Crippen LogP contribution in [0.1, 0.15) is 15.9 Å². The van der Waals surface area contributed by atoms with Gasteiger partial charge < -0.3 is 20.5 Å². The lowest BCUT2D eigenvalue weighted by Crippen LogP contribution is -2.21. The summed E-state index contributed by atoms with van der Waals surface area (Å²) in [5.41, 5.74) is -1.02. The van der Waals surface area contributed by atoms with Crippen molar-refractivity contribution in [1.29, 1.82) is 0 Å². The Labute approximate surface area is 183 Å². The van der Waals surface area contributed by atoms with Gasteiger partial charge in [0.1, 0.15) is 0 Å². The molecule has 0 spiro atoms. The van der Waals surface area contributed by atoms with E-state index in [0.717, 1.165) is 18.2 Å². The summed E-state index contributed by atoms with van der Waals surface area (Å²) in [6, 6.07) is 7.62. The number of carbonyl (C=O) groups excluding carboxylic acids is 3. The number of anilines is 2. The fraction of sp³-hybridized carbons (Fsp3) is 0.100. The molecule has 0 bridgehead atoms. The molecule has 0 heterocycles. The summed E-state index contributed by atoms with van der Waals surface area (Å²) in [5.74, 6) is -3.81. The third kappa shape index (κ3) is 7.43. The molecule has 0 saturated heterocycles. The Hall–Kier alpha value is -3.86. The Kier molecular flexibility index (Phi) is 7.97. The lowest BCUT2D eigenvalue weighted by atomic mass is 10.2. The number of esters is 1. The highest BCUT2D eigenvalue weighted by Gasteiger charge is 2.31. The second-order valence-corrected chi connectivity index (χ2v) is 6.46. The van der Waals surface area contributed by atoms with Crippen LogP contribution in [0.2, 0.25) is 5.02 Å². The number of halogens is 4. The van der Waals surface area contributed by atoms with Crippen molar-refractivity contribution in [3.63, 3.8) is 0 Å². The van der Waals surface area contributed by atoms with Gasteiger partial charge in [-0.05, 0) is 42.5 Å². The number of hydrogen-bond acceptors (Lipinski definition) is 5. The van der Waals surface area contributed by atoms with E-state index in [2.05, 4.69) is 10.6 Å². The van der Waals surface area contributed by atoms with Crippen LogP contribution in [-0.4, -0.2) is 35.5 Å². The van der Waals surface area contributed by atoms with Crippen LogP contribution >= 0.6 is 11.6 Å². The van der Waals surface area contributed by atoms with Crippen molar-refractivity contribution in [2.24, 2.45) is 0 Å². The summed E-state index contributed by atoms with van der Waals surface area (Å²) < 4.78 is 43.1. The summed E-state index contributed by atoms with van der Waals surface area (Å²) in [4.78, 5) is 45.8. The molecule has 0 aliphatic heterocycles. The Morgan fingerprint density at radius 1 is 1.00 bits per heavy atom. The average Bonchev–Trinajstić information content (AvgIpc) is 2.72. The van der Waals surface area contributed by atoms with E-state index >= 15 is 0 Å². The van der Waals surface area contributed by atoms with E-state index in [-0.39, 0.29) is 22.0 Å². The van der Waals surface area contributed by atoms with E-state index in [0.29, 0.717) is 12.1 Å². The average molecular weight is 471 g/mol. The van der Waals surface area contributed by atoms with Crippen molar-refractivity contribution < 1.29 is 42.2 Å². The molecular weight excluding hydrogens is 457 g/mol. The van der Waals surface area contributed by atoms with Gasteiger partial charge in [0.25, 0.3) is 5.91 Å². The molecule has 12 heteroatoms. The third-order valence-electron chi connectivity index (χ3n) is 3.67. The molecule has 2 aromatic rings. The van der Waals surface area contributed by atoms with Gasteiger partial charge in [-0.1, -0.05) is 11.6 Å². The topological polar surface area (TPSA) is 122 Å². The Balaban J connectivity index is 1.92. The van der Waals surface area contributed by atoms with Crippen LogP contribution in [0.4, 0.5) is 24.5 Å². The SMILES string of the molecule is O=C(O)/C=C/C(=O)Nc1ccc(C(=O)OCC(=O)Nc2cc(C(F)(F)F)ccc2Cl)cc1. The van der Waals surface area contributed by atoms with E-state index in [9.17, 15) is 32.3 Å². The molecule has 0 radical (unpaired) electrons. The van der Waals surface area contributed by atoms with Crippen molar-refractivity contribution in [2.75, 3.05) is 17.2 Å². The normalized spacial score (nSPS) is 11.1. The number of benzene rings is 2. The first-order chi connectivity index (χ1) is 15.0. The largest absolute Gasteiger partial charge is 0.478 e. The number of carboxylic acids is 1. The van der Waals surface area contributed by atoms with Gasteiger partial charge in [0.2, 0.25) is 5.91 Å². The number of carboxylic acid groups (broad SMARTS) is 1. The number of rotatable bonds is 7. The van der Waals surface area contributed by atoms with Gasteiger partial charge >= 0.3 is 18.1 Å². The predicted octanol–water partition coefficient (Wildman–Crippen LogP) is 3.73. The van der Waals surface area contributed by atoms with E-state index in [1.807, 2.05) is 0 Å². The summed E-state index contributed by atoms with van der Waals surface area (Å²) in [6.07, 6.45) is -3.17. The second-order valence-electron chi connectivity index (χ2n) is 6.05. The summed E-state index contributed by atoms with van der Waals surface area (Å²) in [6.45, 7) is -0.788. The van der Waals surface area contributed by atoms with Crippen LogP contribution in [0.25, 0.3) is 0 Å².